The van der Waals surface area contributed by atoms with E-state index in [4.69, 9.17) is 5.73 Å². The maximum Gasteiger partial charge on any atom is 0.0693 e. The molecule has 4 N–H and O–H groups in total. The highest BCUT2D eigenvalue weighted by atomic mass is 16.3. The predicted molar refractivity (Wildman–Crippen MR) is 54.5 cm³/mol. The van der Waals surface area contributed by atoms with Crippen molar-refractivity contribution in [3.8, 4) is 0 Å². The molecule has 1 aliphatic rings. The lowest BCUT2D eigenvalue weighted by molar-refractivity contribution is 0.115. The highest BCUT2D eigenvalue weighted by Crippen LogP contribution is 2.18. The Hall–Kier alpha value is -0.120. The monoisotopic (exact) mass is 186 g/mol. The molecule has 0 aliphatic heterocycles. The van der Waals surface area contributed by atoms with Crippen LogP contribution in [-0.2, 0) is 0 Å². The lowest BCUT2D eigenvalue weighted by atomic mass is 10.1. The number of hydrogen-bond acceptors (Lipinski definition) is 3. The number of nitrogens with two attached hydrogens (primary N) is 1. The first kappa shape index (κ1) is 11.0. The zero-order valence-electron chi connectivity index (χ0n) is 8.50. The number of hydrogen-bond donors (Lipinski definition) is 3. The maximum atomic E-state index is 9.79. The molecule has 1 saturated carbocycles. The van der Waals surface area contributed by atoms with Crippen molar-refractivity contribution in [2.24, 2.45) is 5.73 Å². The molecule has 0 aromatic carbocycles. The van der Waals surface area contributed by atoms with Crippen LogP contribution in [0.3, 0.4) is 0 Å². The van der Waals surface area contributed by atoms with E-state index in [-0.39, 0.29) is 12.1 Å². The maximum absolute atomic E-state index is 9.79. The largest absolute Gasteiger partial charge is 0.392 e. The third-order valence-electron chi connectivity index (χ3n) is 2.83. The Morgan fingerprint density at radius 3 is 2.77 bits per heavy atom. The topological polar surface area (TPSA) is 58.3 Å². The normalized spacial score (nSPS) is 32.5. The van der Waals surface area contributed by atoms with Crippen molar-refractivity contribution in [3.63, 3.8) is 0 Å². The molecular weight excluding hydrogens is 164 g/mol. The third kappa shape index (κ3) is 3.63. The van der Waals surface area contributed by atoms with Gasteiger partial charge in [-0.1, -0.05) is 19.3 Å². The molecule has 0 aromatic rings. The second-order valence-electron chi connectivity index (χ2n) is 4.12. The van der Waals surface area contributed by atoms with Crippen LogP contribution in [0.15, 0.2) is 0 Å². The van der Waals surface area contributed by atoms with E-state index in [0.717, 1.165) is 19.3 Å². The Bertz CT molecular complexity index is 141. The van der Waals surface area contributed by atoms with E-state index < -0.39 is 0 Å². The van der Waals surface area contributed by atoms with Crippen LogP contribution in [0.25, 0.3) is 0 Å². The van der Waals surface area contributed by atoms with Gasteiger partial charge in [0.2, 0.25) is 0 Å². The van der Waals surface area contributed by atoms with Gasteiger partial charge in [0.25, 0.3) is 0 Å². The molecule has 1 fully saturated rings. The van der Waals surface area contributed by atoms with Gasteiger partial charge >= 0.3 is 0 Å². The Morgan fingerprint density at radius 1 is 1.38 bits per heavy atom. The minimum atomic E-state index is -0.170. The van der Waals surface area contributed by atoms with Gasteiger partial charge in [-0.25, -0.2) is 0 Å². The summed E-state index contributed by atoms with van der Waals surface area (Å²) in [6.07, 6.45) is 5.51. The molecular formula is C10H22N2O. The van der Waals surface area contributed by atoms with Gasteiger partial charge in [0.05, 0.1) is 6.10 Å². The van der Waals surface area contributed by atoms with E-state index in [1.807, 2.05) is 0 Å². The molecule has 0 amide bonds. The van der Waals surface area contributed by atoms with E-state index in [1.165, 1.54) is 12.8 Å². The highest BCUT2D eigenvalue weighted by Gasteiger charge is 2.21. The zero-order chi connectivity index (χ0) is 9.68. The van der Waals surface area contributed by atoms with Crippen LogP contribution in [0.5, 0.6) is 0 Å². The van der Waals surface area contributed by atoms with E-state index in [0.29, 0.717) is 12.6 Å². The van der Waals surface area contributed by atoms with Crippen molar-refractivity contribution in [3.05, 3.63) is 0 Å². The SMILES string of the molecule is CC(CN)NC1CCCCCC1O. The summed E-state index contributed by atoms with van der Waals surface area (Å²) in [5.74, 6) is 0. The standard InChI is InChI=1S/C10H22N2O/c1-8(7-11)12-9-5-3-2-4-6-10(9)13/h8-10,12-13H,2-7,11H2,1H3. The van der Waals surface area contributed by atoms with Crippen molar-refractivity contribution >= 4 is 0 Å². The molecule has 0 aromatic heterocycles. The van der Waals surface area contributed by atoms with Crippen LogP contribution >= 0.6 is 0 Å². The zero-order valence-corrected chi connectivity index (χ0v) is 8.50. The van der Waals surface area contributed by atoms with Crippen LogP contribution in [0.4, 0.5) is 0 Å². The van der Waals surface area contributed by atoms with Gasteiger partial charge in [0.1, 0.15) is 0 Å². The van der Waals surface area contributed by atoms with E-state index in [9.17, 15) is 5.11 Å². The minimum Gasteiger partial charge on any atom is -0.392 e. The summed E-state index contributed by atoms with van der Waals surface area (Å²) in [5, 5.41) is 13.2. The summed E-state index contributed by atoms with van der Waals surface area (Å²) in [6.45, 7) is 2.71. The average Bonchev–Trinajstić information content (AvgIpc) is 2.32. The molecule has 1 rings (SSSR count). The van der Waals surface area contributed by atoms with Crippen molar-refractivity contribution in [1.29, 1.82) is 0 Å². The van der Waals surface area contributed by atoms with Gasteiger partial charge in [0.15, 0.2) is 0 Å². The third-order valence-corrected chi connectivity index (χ3v) is 2.83. The first-order chi connectivity index (χ1) is 6.24. The summed E-state index contributed by atoms with van der Waals surface area (Å²) >= 11 is 0. The average molecular weight is 186 g/mol. The van der Waals surface area contributed by atoms with E-state index in [2.05, 4.69) is 12.2 Å². The van der Waals surface area contributed by atoms with Gasteiger partial charge in [-0.2, -0.15) is 0 Å². The fourth-order valence-electron chi connectivity index (χ4n) is 1.92. The van der Waals surface area contributed by atoms with Crippen LogP contribution in [-0.4, -0.2) is 29.8 Å². The Kier molecular flexibility index (Phi) is 4.70. The Balaban J connectivity index is 2.35. The summed E-state index contributed by atoms with van der Waals surface area (Å²) in [6, 6.07) is 0.582. The van der Waals surface area contributed by atoms with Crippen LogP contribution < -0.4 is 11.1 Å². The summed E-state index contributed by atoms with van der Waals surface area (Å²) in [5.41, 5.74) is 5.53. The molecule has 3 heteroatoms. The Morgan fingerprint density at radius 2 is 2.08 bits per heavy atom. The van der Waals surface area contributed by atoms with Gasteiger partial charge < -0.3 is 16.2 Å². The van der Waals surface area contributed by atoms with Crippen LogP contribution in [0, 0.1) is 0 Å². The molecule has 13 heavy (non-hydrogen) atoms. The first-order valence-electron chi connectivity index (χ1n) is 5.38. The van der Waals surface area contributed by atoms with Crippen LogP contribution in [0.2, 0.25) is 0 Å². The van der Waals surface area contributed by atoms with Gasteiger partial charge in [-0.15, -0.1) is 0 Å². The summed E-state index contributed by atoms with van der Waals surface area (Å²) in [4.78, 5) is 0. The molecule has 78 valence electrons. The summed E-state index contributed by atoms with van der Waals surface area (Å²) < 4.78 is 0. The second kappa shape index (κ2) is 5.58. The van der Waals surface area contributed by atoms with Crippen molar-refractivity contribution < 1.29 is 5.11 Å². The number of nitrogens with one attached hydrogen (secondary N) is 1. The number of aliphatic hydroxyl groups is 1. The fourth-order valence-corrected chi connectivity index (χ4v) is 1.92. The molecule has 3 atom stereocenters. The first-order valence-corrected chi connectivity index (χ1v) is 5.38. The predicted octanol–water partition coefficient (Wildman–Crippen LogP) is 0.617. The van der Waals surface area contributed by atoms with Gasteiger partial charge in [-0.3, -0.25) is 0 Å². The molecule has 3 unspecified atom stereocenters. The smallest absolute Gasteiger partial charge is 0.0693 e. The fraction of sp³-hybridized carbons (Fsp3) is 1.00. The molecule has 0 spiro atoms. The Labute approximate surface area is 80.7 Å². The van der Waals surface area contributed by atoms with Gasteiger partial charge in [-0.05, 0) is 19.8 Å². The molecule has 1 aliphatic carbocycles. The molecule has 3 nitrogen and oxygen atoms in total. The van der Waals surface area contributed by atoms with E-state index in [1.54, 1.807) is 0 Å². The molecule has 0 saturated heterocycles. The minimum absolute atomic E-state index is 0.170. The molecule has 0 radical (unpaired) electrons. The number of rotatable bonds is 3. The van der Waals surface area contributed by atoms with Gasteiger partial charge in [0, 0.05) is 18.6 Å². The van der Waals surface area contributed by atoms with Crippen LogP contribution in [0.1, 0.15) is 39.0 Å². The number of aliphatic hydroxyl groups excluding tert-OH is 1. The van der Waals surface area contributed by atoms with Crippen molar-refractivity contribution in [1.82, 2.24) is 5.32 Å². The molecule has 0 heterocycles. The molecule has 0 bridgehead atoms. The lowest BCUT2D eigenvalue weighted by Crippen LogP contribution is -2.46. The lowest BCUT2D eigenvalue weighted by Gasteiger charge is -2.25. The van der Waals surface area contributed by atoms with E-state index >= 15 is 0 Å². The second-order valence-corrected chi connectivity index (χ2v) is 4.12. The summed E-state index contributed by atoms with van der Waals surface area (Å²) in [7, 11) is 0. The quantitative estimate of drug-likeness (QED) is 0.566. The highest BCUT2D eigenvalue weighted by molar-refractivity contribution is 4.81. The van der Waals surface area contributed by atoms with Crippen molar-refractivity contribution in [2.45, 2.75) is 57.2 Å². The van der Waals surface area contributed by atoms with Crippen molar-refractivity contribution in [2.75, 3.05) is 6.54 Å².